The molecule has 9 heteroatoms. The second-order valence-corrected chi connectivity index (χ2v) is 8.75. The molecule has 1 atom stereocenters. The lowest BCUT2D eigenvalue weighted by molar-refractivity contribution is -0.148. The fourth-order valence-electron chi connectivity index (χ4n) is 4.68. The minimum atomic E-state index is -0.203. The van der Waals surface area contributed by atoms with Crippen LogP contribution in [-0.4, -0.2) is 59.5 Å². The average Bonchev–Trinajstić information content (AvgIpc) is 3.34. The molecule has 9 nitrogen and oxygen atoms in total. The summed E-state index contributed by atoms with van der Waals surface area (Å²) in [6.07, 6.45) is 1.66. The number of piperidine rings is 1. The first kappa shape index (κ1) is 22.9. The first-order valence-electron chi connectivity index (χ1n) is 11.8. The van der Waals surface area contributed by atoms with Gasteiger partial charge in [0.05, 0.1) is 32.3 Å². The van der Waals surface area contributed by atoms with Crippen molar-refractivity contribution in [2.24, 2.45) is 5.92 Å². The number of rotatable bonds is 6. The number of benzene rings is 2. The van der Waals surface area contributed by atoms with Crippen molar-refractivity contribution in [3.05, 3.63) is 42.0 Å². The normalized spacial score (nSPS) is 16.0. The number of carbonyl (C=O) groups is 1. The van der Waals surface area contributed by atoms with E-state index in [-0.39, 0.29) is 11.9 Å². The molecule has 182 valence electrons. The molecule has 35 heavy (non-hydrogen) atoms. The monoisotopic (exact) mass is 475 g/mol. The summed E-state index contributed by atoms with van der Waals surface area (Å²) in [6, 6.07) is 11.7. The number of fused-ring (bicyclic) bond motifs is 3. The van der Waals surface area contributed by atoms with E-state index in [1.807, 2.05) is 48.6 Å². The van der Waals surface area contributed by atoms with Crippen LogP contribution in [0.15, 0.2) is 36.4 Å². The number of carbonyl (C=O) groups excluding carboxylic acids is 1. The van der Waals surface area contributed by atoms with E-state index >= 15 is 0 Å². The Balaban J connectivity index is 1.72. The third-order valence-electron chi connectivity index (χ3n) is 6.41. The van der Waals surface area contributed by atoms with Gasteiger partial charge < -0.3 is 19.1 Å². The highest BCUT2D eigenvalue weighted by atomic mass is 16.5. The van der Waals surface area contributed by atoms with Crippen LogP contribution < -0.4 is 14.4 Å². The van der Waals surface area contributed by atoms with E-state index in [9.17, 15) is 4.79 Å². The topological polar surface area (TPSA) is 91.1 Å². The number of hydrogen-bond donors (Lipinski definition) is 0. The number of methoxy groups -OCH3 is 2. The molecule has 1 saturated heterocycles. The van der Waals surface area contributed by atoms with Crippen molar-refractivity contribution in [2.75, 3.05) is 38.8 Å². The smallest absolute Gasteiger partial charge is 0.310 e. The molecular weight excluding hydrogens is 446 g/mol. The number of anilines is 1. The number of hydrogen-bond acceptors (Lipinski definition) is 8. The highest BCUT2D eigenvalue weighted by molar-refractivity contribution is 5.94. The highest BCUT2D eigenvalue weighted by Crippen LogP contribution is 2.34. The van der Waals surface area contributed by atoms with Crippen molar-refractivity contribution in [2.45, 2.75) is 26.7 Å². The van der Waals surface area contributed by atoms with Gasteiger partial charge in [-0.2, -0.15) is 0 Å². The lowest BCUT2D eigenvalue weighted by Crippen LogP contribution is -2.40. The quantitative estimate of drug-likeness (QED) is 0.386. The first-order valence-corrected chi connectivity index (χ1v) is 11.8. The van der Waals surface area contributed by atoms with Crippen LogP contribution in [0.4, 0.5) is 5.95 Å². The molecule has 0 bridgehead atoms. The zero-order valence-electron chi connectivity index (χ0n) is 20.4. The number of ether oxygens (including phenoxy) is 3. The van der Waals surface area contributed by atoms with E-state index in [4.69, 9.17) is 19.2 Å². The predicted molar refractivity (Wildman–Crippen MR) is 133 cm³/mol. The van der Waals surface area contributed by atoms with Gasteiger partial charge in [-0.1, -0.05) is 11.6 Å². The molecule has 0 aliphatic carbocycles. The van der Waals surface area contributed by atoms with Crippen molar-refractivity contribution in [3.63, 3.8) is 0 Å². The Labute approximate surface area is 203 Å². The Bertz CT molecular complexity index is 1380. The van der Waals surface area contributed by atoms with Gasteiger partial charge in [0.1, 0.15) is 11.5 Å². The molecule has 0 radical (unpaired) electrons. The zero-order chi connectivity index (χ0) is 24.5. The van der Waals surface area contributed by atoms with Crippen LogP contribution >= 0.6 is 0 Å². The summed E-state index contributed by atoms with van der Waals surface area (Å²) < 4.78 is 18.3. The predicted octanol–water partition coefficient (Wildman–Crippen LogP) is 4.05. The highest BCUT2D eigenvalue weighted by Gasteiger charge is 2.30. The summed E-state index contributed by atoms with van der Waals surface area (Å²) in [7, 11) is 3.24. The molecule has 0 N–H and O–H groups in total. The molecule has 2 aromatic heterocycles. The van der Waals surface area contributed by atoms with Crippen molar-refractivity contribution >= 4 is 28.5 Å². The maximum absolute atomic E-state index is 12.5. The second kappa shape index (κ2) is 9.40. The van der Waals surface area contributed by atoms with Gasteiger partial charge in [-0.15, -0.1) is 10.2 Å². The maximum atomic E-state index is 12.5. The molecule has 0 spiro atoms. The van der Waals surface area contributed by atoms with Crippen LogP contribution in [0.2, 0.25) is 0 Å². The van der Waals surface area contributed by atoms with Crippen LogP contribution in [0.3, 0.4) is 0 Å². The lowest BCUT2D eigenvalue weighted by atomic mass is 9.98. The van der Waals surface area contributed by atoms with E-state index in [2.05, 4.69) is 21.2 Å². The second-order valence-electron chi connectivity index (χ2n) is 8.75. The summed E-state index contributed by atoms with van der Waals surface area (Å²) in [5.41, 5.74) is 3.45. The molecule has 1 aliphatic rings. The van der Waals surface area contributed by atoms with E-state index < -0.39 is 0 Å². The summed E-state index contributed by atoms with van der Waals surface area (Å²) in [4.78, 5) is 19.7. The fourth-order valence-corrected chi connectivity index (χ4v) is 4.68. The minimum absolute atomic E-state index is 0.161. The van der Waals surface area contributed by atoms with Gasteiger partial charge in [-0.25, -0.2) is 9.38 Å². The van der Waals surface area contributed by atoms with Crippen LogP contribution in [0, 0.1) is 12.8 Å². The molecule has 3 heterocycles. The number of esters is 1. The average molecular weight is 476 g/mol. The lowest BCUT2D eigenvalue weighted by Gasteiger charge is -2.32. The molecule has 2 aromatic carbocycles. The van der Waals surface area contributed by atoms with Crippen molar-refractivity contribution in [1.29, 1.82) is 0 Å². The Morgan fingerprint density at radius 2 is 1.86 bits per heavy atom. The molecule has 1 aliphatic heterocycles. The number of aryl methyl sites for hydroxylation is 1. The van der Waals surface area contributed by atoms with E-state index in [1.165, 1.54) is 0 Å². The van der Waals surface area contributed by atoms with Gasteiger partial charge in [0.25, 0.3) is 0 Å². The van der Waals surface area contributed by atoms with Crippen molar-refractivity contribution in [3.8, 4) is 22.9 Å². The standard InChI is InChI=1S/C26H29N5O4/c1-5-35-25(32)17-7-6-10-30(15-17)26-27-22-9-8-16(2)11-21(22)24-29-28-23(31(24)26)18-12-19(33-3)14-20(13-18)34-4/h8-9,11-14,17H,5-7,10,15H2,1-4H3. The van der Waals surface area contributed by atoms with Gasteiger partial charge >= 0.3 is 5.97 Å². The van der Waals surface area contributed by atoms with Crippen LogP contribution in [-0.2, 0) is 9.53 Å². The largest absolute Gasteiger partial charge is 0.497 e. The van der Waals surface area contributed by atoms with Crippen LogP contribution in [0.25, 0.3) is 27.9 Å². The Kier molecular flexibility index (Phi) is 6.15. The molecule has 0 saturated carbocycles. The molecule has 0 amide bonds. The molecule has 4 aromatic rings. The van der Waals surface area contributed by atoms with E-state index in [0.29, 0.717) is 42.1 Å². The van der Waals surface area contributed by atoms with Gasteiger partial charge in [0.2, 0.25) is 5.95 Å². The Morgan fingerprint density at radius 1 is 1.09 bits per heavy atom. The summed E-state index contributed by atoms with van der Waals surface area (Å²) in [6.45, 7) is 5.55. The molecule has 5 rings (SSSR count). The minimum Gasteiger partial charge on any atom is -0.497 e. The molecular formula is C26H29N5O4. The zero-order valence-corrected chi connectivity index (χ0v) is 20.4. The Hall–Kier alpha value is -3.88. The molecule has 1 unspecified atom stereocenters. The Morgan fingerprint density at radius 3 is 2.57 bits per heavy atom. The van der Waals surface area contributed by atoms with Crippen LogP contribution in [0.1, 0.15) is 25.3 Å². The maximum Gasteiger partial charge on any atom is 0.310 e. The summed E-state index contributed by atoms with van der Waals surface area (Å²) in [5.74, 6) is 2.27. The van der Waals surface area contributed by atoms with Gasteiger partial charge in [0.15, 0.2) is 11.5 Å². The van der Waals surface area contributed by atoms with E-state index in [1.54, 1.807) is 14.2 Å². The fraction of sp³-hybridized carbons (Fsp3) is 0.385. The van der Waals surface area contributed by atoms with Crippen molar-refractivity contribution < 1.29 is 19.0 Å². The first-order chi connectivity index (χ1) is 17.0. The summed E-state index contributed by atoms with van der Waals surface area (Å²) in [5, 5.41) is 10.1. The number of aromatic nitrogens is 4. The third-order valence-corrected chi connectivity index (χ3v) is 6.41. The van der Waals surface area contributed by atoms with Crippen LogP contribution in [0.5, 0.6) is 11.5 Å². The number of nitrogens with zero attached hydrogens (tertiary/aromatic N) is 5. The SMILES string of the molecule is CCOC(=O)C1CCCN(c2nc3ccc(C)cc3c3nnc(-c4cc(OC)cc(OC)c4)n23)C1. The molecule has 1 fully saturated rings. The van der Waals surface area contributed by atoms with Gasteiger partial charge in [0, 0.05) is 30.1 Å². The van der Waals surface area contributed by atoms with Gasteiger partial charge in [-0.3, -0.25) is 4.79 Å². The van der Waals surface area contributed by atoms with Crippen molar-refractivity contribution in [1.82, 2.24) is 19.6 Å². The summed E-state index contributed by atoms with van der Waals surface area (Å²) >= 11 is 0. The third kappa shape index (κ3) is 4.22. The van der Waals surface area contributed by atoms with Gasteiger partial charge in [-0.05, 0) is 51.0 Å². The van der Waals surface area contributed by atoms with E-state index in [0.717, 1.165) is 41.4 Å².